The zero-order valence-corrected chi connectivity index (χ0v) is 18.8. The molecule has 13 nitrogen and oxygen atoms in total. The molecule has 0 aliphatic carbocycles. The Morgan fingerprint density at radius 3 is 2.61 bits per heavy atom. The number of nitrogens with one attached hydrogen (secondary N) is 3. The van der Waals surface area contributed by atoms with E-state index < -0.39 is 17.5 Å². The van der Waals surface area contributed by atoms with Gasteiger partial charge in [-0.2, -0.15) is 4.68 Å². The Labute approximate surface area is 203 Å². The number of ketones is 1. The van der Waals surface area contributed by atoms with E-state index in [9.17, 15) is 14.0 Å². The summed E-state index contributed by atoms with van der Waals surface area (Å²) in [5.41, 5.74) is 6.66. The molecule has 182 valence electrons. The number of halogens is 1. The Bertz CT molecular complexity index is 1470. The van der Waals surface area contributed by atoms with Crippen LogP contribution in [0.15, 0.2) is 55.1 Å². The number of hydrogen-bond donors (Lipinski definition) is 3. The van der Waals surface area contributed by atoms with Crippen LogP contribution in [0.5, 0.6) is 0 Å². The quantitative estimate of drug-likeness (QED) is 0.268. The number of rotatable bonds is 5. The number of hydrazine groups is 2. The number of piperazine rings is 1. The number of para-hydroxylation sites is 1. The summed E-state index contributed by atoms with van der Waals surface area (Å²) in [4.78, 5) is 36.6. The standard InChI is InChI=1S/C22H20FN11O2/c23-16-13-25-20(33-7-6-26-29-33)18-17(16)15(12-24-18)19(35)21(36)31-8-10-32(11-9-31)22-27-28-30-34(22)14-4-2-1-3-5-14/h1-7,12-13,24,26,29H,8-11H2. The summed E-state index contributed by atoms with van der Waals surface area (Å²) in [6.45, 7) is 1.45. The van der Waals surface area contributed by atoms with E-state index in [1.165, 1.54) is 16.1 Å². The van der Waals surface area contributed by atoms with E-state index >= 15 is 0 Å². The highest BCUT2D eigenvalue weighted by molar-refractivity contribution is 6.45. The van der Waals surface area contributed by atoms with Crippen LogP contribution in [0, 0.1) is 5.82 Å². The molecule has 0 saturated carbocycles. The van der Waals surface area contributed by atoms with Gasteiger partial charge in [0.2, 0.25) is 5.95 Å². The Kier molecular flexibility index (Phi) is 5.26. The van der Waals surface area contributed by atoms with Crippen LogP contribution in [0.25, 0.3) is 16.6 Å². The molecule has 36 heavy (non-hydrogen) atoms. The third-order valence-electron chi connectivity index (χ3n) is 6.11. The summed E-state index contributed by atoms with van der Waals surface area (Å²) >= 11 is 0. The van der Waals surface area contributed by atoms with Crippen LogP contribution < -0.4 is 20.9 Å². The summed E-state index contributed by atoms with van der Waals surface area (Å²) in [5, 5.41) is 13.5. The van der Waals surface area contributed by atoms with Crippen LogP contribution >= 0.6 is 0 Å². The van der Waals surface area contributed by atoms with Gasteiger partial charge < -0.3 is 20.2 Å². The van der Waals surface area contributed by atoms with Gasteiger partial charge in [0.15, 0.2) is 11.6 Å². The lowest BCUT2D eigenvalue weighted by molar-refractivity contribution is -0.126. The number of H-pyrrole nitrogens is 1. The first-order chi connectivity index (χ1) is 17.6. The number of tetrazole rings is 1. The molecule has 3 N–H and O–H groups in total. The average Bonchev–Trinajstić information content (AvgIpc) is 3.70. The molecule has 2 aliphatic rings. The predicted molar refractivity (Wildman–Crippen MR) is 126 cm³/mol. The molecular formula is C22H20FN11O2. The second-order valence-corrected chi connectivity index (χ2v) is 8.16. The van der Waals surface area contributed by atoms with E-state index in [4.69, 9.17) is 0 Å². The minimum atomic E-state index is -0.789. The van der Waals surface area contributed by atoms with Gasteiger partial charge in [-0.3, -0.25) is 9.59 Å². The summed E-state index contributed by atoms with van der Waals surface area (Å²) in [5.74, 6) is -1.28. The average molecular weight is 489 g/mol. The number of carbonyl (C=O) groups is 2. The number of nitrogens with zero attached hydrogens (tertiary/aromatic N) is 8. The first-order valence-corrected chi connectivity index (χ1v) is 11.2. The van der Waals surface area contributed by atoms with Crippen LogP contribution in [-0.2, 0) is 4.79 Å². The zero-order chi connectivity index (χ0) is 24.6. The third kappa shape index (κ3) is 3.60. The lowest BCUT2D eigenvalue weighted by atomic mass is 10.1. The number of aromatic amines is 1. The smallest absolute Gasteiger partial charge is 0.295 e. The number of benzene rings is 1. The maximum absolute atomic E-state index is 14.7. The van der Waals surface area contributed by atoms with Crippen LogP contribution in [-0.4, -0.2) is 72.9 Å². The summed E-state index contributed by atoms with van der Waals surface area (Å²) in [6, 6.07) is 9.48. The molecule has 14 heteroatoms. The maximum Gasteiger partial charge on any atom is 0.295 e. The first-order valence-electron chi connectivity index (χ1n) is 11.2. The normalized spacial score (nSPS) is 15.5. The van der Waals surface area contributed by atoms with Gasteiger partial charge in [0.25, 0.3) is 11.7 Å². The second kappa shape index (κ2) is 8.74. The highest BCUT2D eigenvalue weighted by Crippen LogP contribution is 2.29. The predicted octanol–water partition coefficient (Wildman–Crippen LogP) is 0.510. The fraction of sp³-hybridized carbons (Fsp3) is 0.182. The molecule has 0 atom stereocenters. The van der Waals surface area contributed by atoms with E-state index in [1.807, 2.05) is 35.2 Å². The van der Waals surface area contributed by atoms with Gasteiger partial charge in [-0.1, -0.05) is 23.3 Å². The molecule has 1 aromatic carbocycles. The van der Waals surface area contributed by atoms with Gasteiger partial charge >= 0.3 is 0 Å². The highest BCUT2D eigenvalue weighted by Gasteiger charge is 2.31. The minimum absolute atomic E-state index is 0.0149. The number of Topliss-reactive ketones (excluding diaryl/α,β-unsaturated/α-hetero) is 1. The molecule has 0 unspecified atom stereocenters. The second-order valence-electron chi connectivity index (χ2n) is 8.16. The van der Waals surface area contributed by atoms with Gasteiger partial charge in [0.05, 0.1) is 28.4 Å². The Hall–Kier alpha value is -4.85. The van der Waals surface area contributed by atoms with Gasteiger partial charge in [-0.05, 0) is 22.6 Å². The van der Waals surface area contributed by atoms with Crippen molar-refractivity contribution in [2.45, 2.75) is 0 Å². The van der Waals surface area contributed by atoms with E-state index in [0.717, 1.165) is 11.9 Å². The van der Waals surface area contributed by atoms with E-state index in [0.29, 0.717) is 30.4 Å². The first kappa shape index (κ1) is 21.7. The molecule has 6 rings (SSSR count). The topological polar surface area (TPSA) is 140 Å². The van der Waals surface area contributed by atoms with Crippen LogP contribution in [0.3, 0.4) is 0 Å². The fourth-order valence-electron chi connectivity index (χ4n) is 4.32. The number of aromatic nitrogens is 6. The molecule has 0 radical (unpaired) electrons. The zero-order valence-electron chi connectivity index (χ0n) is 18.8. The van der Waals surface area contributed by atoms with E-state index in [1.54, 1.807) is 17.1 Å². The Balaban J connectivity index is 1.19. The fourth-order valence-corrected chi connectivity index (χ4v) is 4.32. The van der Waals surface area contributed by atoms with Crippen molar-refractivity contribution in [3.8, 4) is 5.69 Å². The number of hydrogen-bond acceptors (Lipinski definition) is 10. The molecular weight excluding hydrogens is 469 g/mol. The molecule has 5 heterocycles. The molecule has 3 aromatic heterocycles. The number of anilines is 2. The van der Waals surface area contributed by atoms with E-state index in [-0.39, 0.29) is 24.0 Å². The molecule has 4 aromatic rings. The molecule has 1 amide bonds. The van der Waals surface area contributed by atoms with Gasteiger partial charge in [-0.25, -0.2) is 14.4 Å². The number of amides is 1. The molecule has 0 bridgehead atoms. The maximum atomic E-state index is 14.7. The molecule has 1 saturated heterocycles. The summed E-state index contributed by atoms with van der Waals surface area (Å²) in [7, 11) is 0. The largest absolute Gasteiger partial charge is 0.357 e. The molecule has 2 aliphatic heterocycles. The van der Waals surface area contributed by atoms with Crippen molar-refractivity contribution in [1.29, 1.82) is 0 Å². The third-order valence-corrected chi connectivity index (χ3v) is 6.11. The Morgan fingerprint density at radius 1 is 1.06 bits per heavy atom. The monoisotopic (exact) mass is 489 g/mol. The molecule has 1 fully saturated rings. The van der Waals surface area contributed by atoms with E-state index in [2.05, 4.69) is 36.5 Å². The van der Waals surface area contributed by atoms with Gasteiger partial charge in [-0.15, -0.1) is 5.53 Å². The van der Waals surface area contributed by atoms with Gasteiger partial charge in [0.1, 0.15) is 0 Å². The van der Waals surface area contributed by atoms with Crippen molar-refractivity contribution in [2.75, 3.05) is 36.1 Å². The van der Waals surface area contributed by atoms with Crippen LogP contribution in [0.1, 0.15) is 10.4 Å². The van der Waals surface area contributed by atoms with Crippen molar-refractivity contribution < 1.29 is 14.0 Å². The minimum Gasteiger partial charge on any atom is -0.357 e. The van der Waals surface area contributed by atoms with Crippen molar-refractivity contribution in [1.82, 2.24) is 46.0 Å². The lowest BCUT2D eigenvalue weighted by Gasteiger charge is -2.34. The number of fused-ring (bicyclic) bond motifs is 1. The van der Waals surface area contributed by atoms with Crippen LogP contribution in [0.4, 0.5) is 16.2 Å². The number of pyridine rings is 1. The van der Waals surface area contributed by atoms with Crippen molar-refractivity contribution in [3.63, 3.8) is 0 Å². The van der Waals surface area contributed by atoms with Crippen LogP contribution in [0.2, 0.25) is 0 Å². The lowest BCUT2D eigenvalue weighted by Crippen LogP contribution is -2.51. The summed E-state index contributed by atoms with van der Waals surface area (Å²) < 4.78 is 16.4. The van der Waals surface area contributed by atoms with Crippen molar-refractivity contribution >= 4 is 34.4 Å². The van der Waals surface area contributed by atoms with Crippen molar-refractivity contribution in [2.24, 2.45) is 0 Å². The SMILES string of the molecule is O=C(C(=O)N1CCN(c2nnnn2-c2ccccc2)CC1)c1c[nH]c2c(N3C=CNN3)ncc(F)c12. The van der Waals surface area contributed by atoms with Crippen molar-refractivity contribution in [3.05, 3.63) is 66.5 Å². The summed E-state index contributed by atoms with van der Waals surface area (Å²) in [6.07, 6.45) is 5.65. The molecule has 0 spiro atoms. The number of carbonyl (C=O) groups excluding carboxylic acids is 2. The van der Waals surface area contributed by atoms with Gasteiger partial charge in [0, 0.05) is 44.8 Å². The Morgan fingerprint density at radius 2 is 1.86 bits per heavy atom. The highest BCUT2D eigenvalue weighted by atomic mass is 19.1.